The van der Waals surface area contributed by atoms with Crippen LogP contribution in [0.4, 0.5) is 0 Å². The molecule has 1 aromatic rings. The quantitative estimate of drug-likeness (QED) is 0.432. The van der Waals surface area contributed by atoms with Gasteiger partial charge in [0.25, 0.3) is 0 Å². The zero-order valence-corrected chi connectivity index (χ0v) is 8.82. The molecule has 4 atom stereocenters. The molecule has 3 heteroatoms. The van der Waals surface area contributed by atoms with Crippen molar-refractivity contribution in [3.8, 4) is 0 Å². The molecule has 0 aromatic heterocycles. The first kappa shape index (κ1) is 9.58. The molecule has 82 valence electrons. The monoisotopic (exact) mass is 215 g/mol. The highest BCUT2D eigenvalue weighted by molar-refractivity contribution is 5.29. The van der Waals surface area contributed by atoms with Crippen LogP contribution < -0.4 is 0 Å². The summed E-state index contributed by atoms with van der Waals surface area (Å²) in [6.45, 7) is 0. The molecule has 2 bridgehead atoms. The molecule has 1 fully saturated rings. The second-order valence-electron chi connectivity index (χ2n) is 4.66. The first-order valence-corrected chi connectivity index (χ1v) is 5.64. The highest BCUT2D eigenvalue weighted by Crippen LogP contribution is 2.49. The van der Waals surface area contributed by atoms with Crippen LogP contribution in [0, 0.1) is 22.0 Å². The summed E-state index contributed by atoms with van der Waals surface area (Å²) >= 11 is 0. The standard InChI is InChI=1S/C13H13NO2/c15-14(16)13-11-7-6-10(8-11)12(13)9-4-2-1-3-5-9/h1-7,10-13H,8H2/t10?,11?,12-,13-/m0/s1. The Labute approximate surface area is 93.9 Å². The number of nitro groups is 1. The van der Waals surface area contributed by atoms with Gasteiger partial charge in [0.2, 0.25) is 6.04 Å². The molecule has 0 amide bonds. The molecule has 0 radical (unpaired) electrons. The first-order chi connectivity index (χ1) is 7.77. The minimum atomic E-state index is -0.419. The largest absolute Gasteiger partial charge is 0.264 e. The molecule has 1 saturated carbocycles. The average Bonchev–Trinajstić information content (AvgIpc) is 2.89. The fourth-order valence-corrected chi connectivity index (χ4v) is 3.20. The third-order valence-corrected chi connectivity index (χ3v) is 3.85. The third kappa shape index (κ3) is 1.28. The van der Waals surface area contributed by atoms with E-state index in [-0.39, 0.29) is 16.8 Å². The van der Waals surface area contributed by atoms with Gasteiger partial charge in [0.15, 0.2) is 0 Å². The van der Waals surface area contributed by atoms with E-state index in [0.717, 1.165) is 12.0 Å². The minimum absolute atomic E-state index is 0.0752. The van der Waals surface area contributed by atoms with Gasteiger partial charge in [-0.3, -0.25) is 10.1 Å². The molecule has 0 heterocycles. The summed E-state index contributed by atoms with van der Waals surface area (Å²) in [6.07, 6.45) is 5.13. The fraction of sp³-hybridized carbons (Fsp3) is 0.385. The summed E-state index contributed by atoms with van der Waals surface area (Å²) in [7, 11) is 0. The SMILES string of the molecule is O=[N+]([O-])[C@H]1C2C=CC(C2)[C@@H]1c1ccccc1. The third-order valence-electron chi connectivity index (χ3n) is 3.85. The number of rotatable bonds is 2. The van der Waals surface area contributed by atoms with Gasteiger partial charge in [-0.15, -0.1) is 0 Å². The number of benzene rings is 1. The van der Waals surface area contributed by atoms with Gasteiger partial charge in [-0.25, -0.2) is 0 Å². The van der Waals surface area contributed by atoms with Crippen molar-refractivity contribution in [2.24, 2.45) is 11.8 Å². The van der Waals surface area contributed by atoms with E-state index in [0.29, 0.717) is 5.92 Å². The predicted molar refractivity (Wildman–Crippen MR) is 60.7 cm³/mol. The molecule has 1 aromatic carbocycles. The lowest BCUT2D eigenvalue weighted by Crippen LogP contribution is -2.31. The second-order valence-corrected chi connectivity index (χ2v) is 4.66. The molecular weight excluding hydrogens is 202 g/mol. The molecule has 0 saturated heterocycles. The van der Waals surface area contributed by atoms with Crippen molar-refractivity contribution >= 4 is 0 Å². The number of nitrogens with zero attached hydrogens (tertiary/aromatic N) is 1. The maximum Gasteiger partial charge on any atom is 0.226 e. The Kier molecular flexibility index (Phi) is 2.06. The fourth-order valence-electron chi connectivity index (χ4n) is 3.20. The number of allylic oxidation sites excluding steroid dienone is 1. The van der Waals surface area contributed by atoms with Crippen molar-refractivity contribution in [1.82, 2.24) is 0 Å². The van der Waals surface area contributed by atoms with E-state index in [1.165, 1.54) is 0 Å². The maximum absolute atomic E-state index is 11.1. The zero-order valence-electron chi connectivity index (χ0n) is 8.82. The van der Waals surface area contributed by atoms with Crippen LogP contribution in [0.1, 0.15) is 17.9 Å². The molecule has 2 unspecified atom stereocenters. The lowest BCUT2D eigenvalue weighted by molar-refractivity contribution is -0.530. The normalized spacial score (nSPS) is 35.5. The molecule has 3 nitrogen and oxygen atoms in total. The van der Waals surface area contributed by atoms with Gasteiger partial charge < -0.3 is 0 Å². The molecule has 3 rings (SSSR count). The van der Waals surface area contributed by atoms with E-state index in [9.17, 15) is 10.1 Å². The van der Waals surface area contributed by atoms with Crippen LogP contribution in [-0.4, -0.2) is 11.0 Å². The van der Waals surface area contributed by atoms with Crippen LogP contribution in [0.15, 0.2) is 42.5 Å². The Morgan fingerprint density at radius 2 is 1.81 bits per heavy atom. The summed E-state index contributed by atoms with van der Waals surface area (Å²) in [5, 5.41) is 11.1. The van der Waals surface area contributed by atoms with E-state index < -0.39 is 6.04 Å². The van der Waals surface area contributed by atoms with Crippen molar-refractivity contribution in [2.75, 3.05) is 0 Å². The average molecular weight is 215 g/mol. The van der Waals surface area contributed by atoms with E-state index >= 15 is 0 Å². The van der Waals surface area contributed by atoms with E-state index in [4.69, 9.17) is 0 Å². The van der Waals surface area contributed by atoms with Crippen molar-refractivity contribution in [1.29, 1.82) is 0 Å². The number of hydrogen-bond donors (Lipinski definition) is 0. The van der Waals surface area contributed by atoms with Crippen LogP contribution in [-0.2, 0) is 0 Å². The van der Waals surface area contributed by atoms with Crippen molar-refractivity contribution in [3.63, 3.8) is 0 Å². The van der Waals surface area contributed by atoms with Crippen LogP contribution in [0.3, 0.4) is 0 Å². The van der Waals surface area contributed by atoms with Gasteiger partial charge >= 0.3 is 0 Å². The molecule has 16 heavy (non-hydrogen) atoms. The first-order valence-electron chi connectivity index (χ1n) is 5.64. The molecular formula is C13H13NO2. The van der Waals surface area contributed by atoms with Crippen LogP contribution in [0.2, 0.25) is 0 Å². The van der Waals surface area contributed by atoms with Gasteiger partial charge in [0.05, 0.1) is 5.92 Å². The summed E-state index contributed by atoms with van der Waals surface area (Å²) in [5.74, 6) is 0.583. The second kappa shape index (κ2) is 3.44. The zero-order chi connectivity index (χ0) is 11.1. The van der Waals surface area contributed by atoms with E-state index in [2.05, 4.69) is 6.08 Å². The van der Waals surface area contributed by atoms with Crippen LogP contribution in [0.25, 0.3) is 0 Å². The Balaban J connectivity index is 2.00. The van der Waals surface area contributed by atoms with Gasteiger partial charge in [0, 0.05) is 10.8 Å². The summed E-state index contributed by atoms with van der Waals surface area (Å²) < 4.78 is 0. The predicted octanol–water partition coefficient (Wildman–Crippen LogP) is 2.62. The Bertz CT molecular complexity index is 441. The highest BCUT2D eigenvalue weighted by atomic mass is 16.6. The lowest BCUT2D eigenvalue weighted by Gasteiger charge is -2.21. The topological polar surface area (TPSA) is 43.1 Å². The summed E-state index contributed by atoms with van der Waals surface area (Å²) in [5.41, 5.74) is 1.11. The molecule has 0 spiro atoms. The Morgan fingerprint density at radius 3 is 2.50 bits per heavy atom. The van der Waals surface area contributed by atoms with E-state index in [1.807, 2.05) is 36.4 Å². The van der Waals surface area contributed by atoms with E-state index in [1.54, 1.807) is 0 Å². The van der Waals surface area contributed by atoms with Crippen molar-refractivity contribution < 1.29 is 4.92 Å². The van der Waals surface area contributed by atoms with Gasteiger partial charge in [-0.2, -0.15) is 0 Å². The summed E-state index contributed by atoms with van der Waals surface area (Å²) in [4.78, 5) is 11.1. The van der Waals surface area contributed by atoms with Gasteiger partial charge in [-0.05, 0) is 17.9 Å². The van der Waals surface area contributed by atoms with Crippen LogP contribution in [0.5, 0.6) is 0 Å². The van der Waals surface area contributed by atoms with Gasteiger partial charge in [0.1, 0.15) is 0 Å². The highest BCUT2D eigenvalue weighted by Gasteiger charge is 2.52. The van der Waals surface area contributed by atoms with Crippen molar-refractivity contribution in [3.05, 3.63) is 58.2 Å². The molecule has 0 N–H and O–H groups in total. The minimum Gasteiger partial charge on any atom is -0.264 e. The molecule has 2 aliphatic rings. The Hall–Kier alpha value is -1.64. The summed E-state index contributed by atoms with van der Waals surface area (Å²) in [6, 6.07) is 9.47. The van der Waals surface area contributed by atoms with Crippen molar-refractivity contribution in [2.45, 2.75) is 18.4 Å². The molecule has 2 aliphatic carbocycles. The smallest absolute Gasteiger partial charge is 0.226 e. The van der Waals surface area contributed by atoms with Gasteiger partial charge in [-0.1, -0.05) is 42.5 Å². The molecule has 0 aliphatic heterocycles. The lowest BCUT2D eigenvalue weighted by atomic mass is 9.83. The number of fused-ring (bicyclic) bond motifs is 2. The Morgan fingerprint density at radius 1 is 1.12 bits per heavy atom. The van der Waals surface area contributed by atoms with Crippen LogP contribution >= 0.6 is 0 Å². The number of hydrogen-bond acceptors (Lipinski definition) is 2. The maximum atomic E-state index is 11.1.